The Bertz CT molecular complexity index is 1640. The Balaban J connectivity index is 1.68. The van der Waals surface area contributed by atoms with E-state index in [1.807, 2.05) is 0 Å². The third-order valence-electron chi connectivity index (χ3n) is 6.73. The summed E-state index contributed by atoms with van der Waals surface area (Å²) < 4.78 is 15.9. The smallest absolute Gasteiger partial charge is 0.341 e. The maximum absolute atomic E-state index is 6.78. The van der Waals surface area contributed by atoms with Crippen molar-refractivity contribution in [3.63, 3.8) is 0 Å². The number of benzene rings is 5. The van der Waals surface area contributed by atoms with Crippen LogP contribution in [0, 0.1) is 0 Å². The molecule has 6 aromatic rings. The standard InChI is InChI=1S/C29H22NO2P/c1-19-18-22-10-4-7-13-25(22)30(19)33-31-26-16-14-20-8-2-5-11-23(20)28(26)29-24-12-6-3-9-21(24)15-17-27(29)32-33/h2-17,19H,18H2,1H3/t19-/m1/s1. The van der Waals surface area contributed by atoms with Crippen LogP contribution in [0.25, 0.3) is 43.5 Å². The highest BCUT2D eigenvalue weighted by atomic mass is 31.1. The Labute approximate surface area is 192 Å². The molecule has 4 heteroatoms. The first kappa shape index (κ1) is 18.8. The Morgan fingerprint density at radius 3 is 1.85 bits per heavy atom. The van der Waals surface area contributed by atoms with E-state index in [1.165, 1.54) is 32.8 Å². The number of fused-ring (bicyclic) bond motifs is 8. The van der Waals surface area contributed by atoms with E-state index in [0.29, 0.717) is 6.04 Å². The third-order valence-corrected chi connectivity index (χ3v) is 8.40. The third kappa shape index (κ3) is 2.83. The van der Waals surface area contributed by atoms with Gasteiger partial charge in [-0.2, -0.15) is 0 Å². The van der Waals surface area contributed by atoms with Gasteiger partial charge in [-0.1, -0.05) is 78.9 Å². The van der Waals surface area contributed by atoms with Crippen LogP contribution < -0.4 is 4.67 Å². The van der Waals surface area contributed by atoms with E-state index in [9.17, 15) is 0 Å². The summed E-state index contributed by atoms with van der Waals surface area (Å²) in [6.07, 6.45) is 0.997. The van der Waals surface area contributed by atoms with Crippen LogP contribution in [-0.2, 0) is 6.42 Å². The number of rotatable bonds is 1. The average Bonchev–Trinajstić information content (AvgIpc) is 3.08. The molecule has 0 bridgehead atoms. The highest BCUT2D eigenvalue weighted by molar-refractivity contribution is 7.39. The molecule has 0 saturated heterocycles. The second kappa shape index (κ2) is 7.16. The number of nitrogens with zero attached hydrogens (tertiary/aromatic N) is 1. The molecule has 0 spiro atoms. The second-order valence-corrected chi connectivity index (χ2v) is 10.0. The van der Waals surface area contributed by atoms with Crippen LogP contribution in [0.5, 0.6) is 0 Å². The van der Waals surface area contributed by atoms with Crippen LogP contribution in [-0.4, -0.2) is 6.04 Å². The summed E-state index contributed by atoms with van der Waals surface area (Å²) >= 11 is 0. The molecule has 0 aliphatic carbocycles. The predicted molar refractivity (Wildman–Crippen MR) is 139 cm³/mol. The largest absolute Gasteiger partial charge is 0.404 e. The first-order chi connectivity index (χ1) is 16.3. The van der Waals surface area contributed by atoms with Gasteiger partial charge in [0.1, 0.15) is 11.2 Å². The van der Waals surface area contributed by atoms with Crippen LogP contribution in [0.2, 0.25) is 0 Å². The molecular weight excluding hydrogens is 425 g/mol. The molecule has 0 N–H and O–H groups in total. The molecule has 2 heterocycles. The van der Waals surface area contributed by atoms with Gasteiger partial charge in [0.15, 0.2) is 0 Å². The highest BCUT2D eigenvalue weighted by Crippen LogP contribution is 2.48. The maximum Gasteiger partial charge on any atom is 0.341 e. The number of anilines is 1. The zero-order chi connectivity index (χ0) is 21.9. The molecule has 1 aliphatic rings. The van der Waals surface area contributed by atoms with Crippen LogP contribution in [0.15, 0.2) is 105 Å². The van der Waals surface area contributed by atoms with E-state index in [2.05, 4.69) is 109 Å². The minimum atomic E-state index is -1.38. The Hall–Kier alpha value is -3.68. The minimum Gasteiger partial charge on any atom is -0.404 e. The molecule has 0 amide bonds. The lowest BCUT2D eigenvalue weighted by molar-refractivity contribution is 0.621. The Morgan fingerprint density at radius 1 is 0.667 bits per heavy atom. The van der Waals surface area contributed by atoms with Crippen LogP contribution in [0.1, 0.15) is 12.5 Å². The second-order valence-electron chi connectivity index (χ2n) is 8.77. The lowest BCUT2D eigenvalue weighted by Crippen LogP contribution is -2.20. The zero-order valence-electron chi connectivity index (χ0n) is 18.2. The summed E-state index contributed by atoms with van der Waals surface area (Å²) in [5.74, 6) is 0. The van der Waals surface area contributed by atoms with E-state index >= 15 is 0 Å². The van der Waals surface area contributed by atoms with Crippen molar-refractivity contribution in [2.45, 2.75) is 19.4 Å². The van der Waals surface area contributed by atoms with Crippen LogP contribution in [0.3, 0.4) is 0 Å². The summed E-state index contributed by atoms with van der Waals surface area (Å²) in [7, 11) is -1.38. The van der Waals surface area contributed by atoms with Gasteiger partial charge in [0.25, 0.3) is 0 Å². The zero-order valence-corrected chi connectivity index (χ0v) is 19.1. The van der Waals surface area contributed by atoms with E-state index in [1.54, 1.807) is 0 Å². The summed E-state index contributed by atoms with van der Waals surface area (Å²) in [5.41, 5.74) is 4.32. The summed E-state index contributed by atoms with van der Waals surface area (Å²) in [6.45, 7) is 2.25. The number of para-hydroxylation sites is 1. The maximum atomic E-state index is 6.78. The van der Waals surface area contributed by atoms with Gasteiger partial charge in [0.2, 0.25) is 0 Å². The predicted octanol–water partition coefficient (Wildman–Crippen LogP) is 8.81. The Morgan fingerprint density at radius 2 is 1.21 bits per heavy atom. The van der Waals surface area contributed by atoms with Crippen LogP contribution >= 0.6 is 8.16 Å². The molecule has 5 aromatic carbocycles. The molecule has 0 saturated carbocycles. The first-order valence-corrected chi connectivity index (χ1v) is 12.5. The van der Waals surface area contributed by atoms with Crippen molar-refractivity contribution in [2.24, 2.45) is 0 Å². The van der Waals surface area contributed by atoms with Gasteiger partial charge in [-0.3, -0.25) is 4.67 Å². The number of hydrogen-bond acceptors (Lipinski definition) is 3. The molecule has 0 radical (unpaired) electrons. The monoisotopic (exact) mass is 447 g/mol. The molecule has 7 rings (SSSR count). The quantitative estimate of drug-likeness (QED) is 0.252. The molecule has 1 aliphatic heterocycles. The van der Waals surface area contributed by atoms with Crippen molar-refractivity contribution in [3.05, 3.63) is 103 Å². The van der Waals surface area contributed by atoms with Gasteiger partial charge < -0.3 is 8.39 Å². The number of hydrogen-bond donors (Lipinski definition) is 0. The van der Waals surface area contributed by atoms with Gasteiger partial charge in [0, 0.05) is 16.8 Å². The summed E-state index contributed by atoms with van der Waals surface area (Å²) in [4.78, 5) is 0. The van der Waals surface area contributed by atoms with Gasteiger partial charge in [0.05, 0.1) is 5.69 Å². The summed E-state index contributed by atoms with van der Waals surface area (Å²) in [6, 6.07) is 34.5. The highest BCUT2D eigenvalue weighted by Gasteiger charge is 2.30. The van der Waals surface area contributed by atoms with Crippen molar-refractivity contribution in [2.75, 3.05) is 4.67 Å². The van der Waals surface area contributed by atoms with Gasteiger partial charge >= 0.3 is 8.16 Å². The summed E-state index contributed by atoms with van der Waals surface area (Å²) in [5, 5.41) is 7.00. The fourth-order valence-corrected chi connectivity index (χ4v) is 6.87. The van der Waals surface area contributed by atoms with Crippen molar-refractivity contribution < 1.29 is 8.39 Å². The van der Waals surface area contributed by atoms with E-state index in [-0.39, 0.29) is 0 Å². The average molecular weight is 447 g/mol. The van der Waals surface area contributed by atoms with Gasteiger partial charge in [-0.25, -0.2) is 0 Å². The van der Waals surface area contributed by atoms with Gasteiger partial charge in [-0.15, -0.1) is 0 Å². The SMILES string of the molecule is C[C@@H]1Cc2ccccc2N1p1oc2ccc3ccccc3c2c2c(ccc3ccccc32)o1. The Kier molecular flexibility index (Phi) is 4.09. The molecule has 1 atom stereocenters. The van der Waals surface area contributed by atoms with Crippen molar-refractivity contribution in [1.82, 2.24) is 0 Å². The molecule has 33 heavy (non-hydrogen) atoms. The van der Waals surface area contributed by atoms with E-state index < -0.39 is 8.16 Å². The van der Waals surface area contributed by atoms with Crippen LogP contribution in [0.4, 0.5) is 5.69 Å². The van der Waals surface area contributed by atoms with Crippen molar-refractivity contribution >= 4 is 57.3 Å². The van der Waals surface area contributed by atoms with Crippen molar-refractivity contribution in [1.29, 1.82) is 0 Å². The molecule has 0 fully saturated rings. The fraction of sp³-hybridized carbons (Fsp3) is 0.103. The molecule has 3 nitrogen and oxygen atoms in total. The molecular formula is C29H22NO2P. The topological polar surface area (TPSA) is 29.5 Å². The normalized spacial score (nSPS) is 15.5. The molecule has 1 aromatic heterocycles. The van der Waals surface area contributed by atoms with Gasteiger partial charge in [-0.05, 0) is 58.7 Å². The first-order valence-electron chi connectivity index (χ1n) is 11.3. The molecule has 0 unspecified atom stereocenters. The lowest BCUT2D eigenvalue weighted by Gasteiger charge is -2.20. The lowest BCUT2D eigenvalue weighted by atomic mass is 9.99. The van der Waals surface area contributed by atoms with E-state index in [0.717, 1.165) is 28.4 Å². The molecule has 160 valence electrons. The van der Waals surface area contributed by atoms with Crippen molar-refractivity contribution in [3.8, 4) is 0 Å². The fourth-order valence-electron chi connectivity index (χ4n) is 5.24. The van der Waals surface area contributed by atoms with E-state index in [4.69, 9.17) is 8.39 Å². The minimum absolute atomic E-state index is 0.305.